The van der Waals surface area contributed by atoms with Gasteiger partial charge < -0.3 is 8.98 Å². The maximum atomic E-state index is 6.58. The molecule has 0 aliphatic rings. The Labute approximate surface area is 330 Å². The molecule has 0 unspecified atom stereocenters. The van der Waals surface area contributed by atoms with Crippen LogP contribution >= 0.6 is 11.3 Å². The van der Waals surface area contributed by atoms with Gasteiger partial charge in [-0.2, -0.15) is 0 Å². The molecule has 0 bridgehead atoms. The van der Waals surface area contributed by atoms with Gasteiger partial charge in [0.2, 0.25) is 0 Å². The molecule has 0 aliphatic carbocycles. The molecule has 0 N–H and O–H groups in total. The van der Waals surface area contributed by atoms with E-state index in [2.05, 4.69) is 144 Å². The number of fused-ring (bicyclic) bond motifs is 9. The number of hydrogen-bond acceptors (Lipinski definition) is 5. The molecule has 8 aromatic carbocycles. The lowest BCUT2D eigenvalue weighted by Crippen LogP contribution is -2.00. The monoisotopic (exact) mass is 746 g/mol. The Morgan fingerprint density at radius 2 is 1.02 bits per heavy atom. The van der Waals surface area contributed by atoms with E-state index in [1.54, 1.807) is 11.3 Å². The van der Waals surface area contributed by atoms with Gasteiger partial charge in [-0.15, -0.1) is 11.3 Å². The van der Waals surface area contributed by atoms with Crippen LogP contribution in [0.4, 0.5) is 0 Å². The molecule has 12 rings (SSSR count). The predicted molar refractivity (Wildman–Crippen MR) is 236 cm³/mol. The number of hydrogen-bond donors (Lipinski definition) is 0. The third kappa shape index (κ3) is 5.12. The molecule has 5 nitrogen and oxygen atoms in total. The Balaban J connectivity index is 0.997. The average molecular weight is 747 g/mol. The third-order valence-corrected chi connectivity index (χ3v) is 12.2. The number of furan rings is 1. The van der Waals surface area contributed by atoms with Gasteiger partial charge in [-0.25, -0.2) is 15.0 Å². The number of para-hydroxylation sites is 3. The van der Waals surface area contributed by atoms with Gasteiger partial charge in [-0.3, -0.25) is 0 Å². The first kappa shape index (κ1) is 31.9. The van der Waals surface area contributed by atoms with Gasteiger partial charge in [-0.05, 0) is 66.2 Å². The Hall–Kier alpha value is -7.41. The SMILES string of the molecule is c1ccc(-c2nc(-c3ccc4c(c3)sc3ccccc34)nc(-c3ccc4oc5cc(-c6cccc7c8ccccc8n(-c8ccccc8)c67)ccc5c4c3)n2)cc1. The van der Waals surface area contributed by atoms with Crippen molar-refractivity contribution >= 4 is 75.3 Å². The van der Waals surface area contributed by atoms with Crippen molar-refractivity contribution in [3.05, 3.63) is 182 Å². The van der Waals surface area contributed by atoms with E-state index in [0.717, 1.165) is 55.4 Å². The molecular formula is C51H30N4OS. The summed E-state index contributed by atoms with van der Waals surface area (Å²) in [7, 11) is 0. The van der Waals surface area contributed by atoms with Crippen LogP contribution in [0.15, 0.2) is 186 Å². The van der Waals surface area contributed by atoms with Crippen molar-refractivity contribution in [2.24, 2.45) is 0 Å². The minimum absolute atomic E-state index is 0.614. The van der Waals surface area contributed by atoms with Crippen LogP contribution in [0.25, 0.3) is 115 Å². The van der Waals surface area contributed by atoms with Crippen molar-refractivity contribution in [3.8, 4) is 51.0 Å². The van der Waals surface area contributed by atoms with Crippen LogP contribution in [0.5, 0.6) is 0 Å². The Morgan fingerprint density at radius 3 is 1.86 bits per heavy atom. The minimum Gasteiger partial charge on any atom is -0.456 e. The highest BCUT2D eigenvalue weighted by atomic mass is 32.1. The van der Waals surface area contributed by atoms with Crippen LogP contribution in [0.3, 0.4) is 0 Å². The molecule has 0 aliphatic heterocycles. The summed E-state index contributed by atoms with van der Waals surface area (Å²) < 4.78 is 11.4. The lowest BCUT2D eigenvalue weighted by Gasteiger charge is -2.11. The Kier molecular flexibility index (Phi) is 7.03. The summed E-state index contributed by atoms with van der Waals surface area (Å²) in [5.41, 5.74) is 10.2. The van der Waals surface area contributed by atoms with Crippen LogP contribution in [0.1, 0.15) is 0 Å². The summed E-state index contributed by atoms with van der Waals surface area (Å²) >= 11 is 1.79. The van der Waals surface area contributed by atoms with E-state index < -0.39 is 0 Å². The zero-order valence-electron chi connectivity index (χ0n) is 30.4. The maximum absolute atomic E-state index is 6.58. The summed E-state index contributed by atoms with van der Waals surface area (Å²) in [6.07, 6.45) is 0. The molecule has 0 atom stereocenters. The molecule has 0 saturated heterocycles. The number of nitrogens with zero attached hydrogens (tertiary/aromatic N) is 4. The molecule has 0 saturated carbocycles. The Morgan fingerprint density at radius 1 is 0.386 bits per heavy atom. The number of aromatic nitrogens is 4. The van der Waals surface area contributed by atoms with Crippen LogP contribution in [0, 0.1) is 0 Å². The summed E-state index contributed by atoms with van der Waals surface area (Å²) in [6.45, 7) is 0. The fraction of sp³-hybridized carbons (Fsp3) is 0. The van der Waals surface area contributed by atoms with Crippen molar-refractivity contribution in [2.45, 2.75) is 0 Å². The summed E-state index contributed by atoms with van der Waals surface area (Å²) in [6, 6.07) is 63.8. The van der Waals surface area contributed by atoms with Crippen LogP contribution in [-0.4, -0.2) is 19.5 Å². The second-order valence-electron chi connectivity index (χ2n) is 14.4. The van der Waals surface area contributed by atoms with E-state index in [0.29, 0.717) is 17.5 Å². The molecule has 266 valence electrons. The second kappa shape index (κ2) is 12.6. The van der Waals surface area contributed by atoms with Crippen LogP contribution < -0.4 is 0 Å². The average Bonchev–Trinajstić information content (AvgIpc) is 3.95. The number of thiophene rings is 1. The first-order valence-electron chi connectivity index (χ1n) is 19.0. The molecule has 12 aromatic rings. The van der Waals surface area contributed by atoms with Gasteiger partial charge >= 0.3 is 0 Å². The number of rotatable bonds is 5. The second-order valence-corrected chi connectivity index (χ2v) is 15.5. The molecular weight excluding hydrogens is 717 g/mol. The van der Waals surface area contributed by atoms with Gasteiger partial charge in [0.1, 0.15) is 11.2 Å². The fourth-order valence-electron chi connectivity index (χ4n) is 8.40. The lowest BCUT2D eigenvalue weighted by molar-refractivity contribution is 0.669. The molecule has 0 amide bonds. The number of benzene rings is 8. The van der Waals surface area contributed by atoms with E-state index in [9.17, 15) is 0 Å². The zero-order valence-corrected chi connectivity index (χ0v) is 31.2. The van der Waals surface area contributed by atoms with Gasteiger partial charge in [-0.1, -0.05) is 121 Å². The largest absolute Gasteiger partial charge is 0.456 e. The van der Waals surface area contributed by atoms with E-state index in [1.807, 2.05) is 42.5 Å². The van der Waals surface area contributed by atoms with E-state index >= 15 is 0 Å². The highest BCUT2D eigenvalue weighted by Gasteiger charge is 2.19. The highest BCUT2D eigenvalue weighted by Crippen LogP contribution is 2.41. The van der Waals surface area contributed by atoms with Crippen molar-refractivity contribution in [3.63, 3.8) is 0 Å². The van der Waals surface area contributed by atoms with Gasteiger partial charge in [0.15, 0.2) is 17.5 Å². The molecule has 57 heavy (non-hydrogen) atoms. The van der Waals surface area contributed by atoms with Crippen molar-refractivity contribution in [2.75, 3.05) is 0 Å². The minimum atomic E-state index is 0.614. The van der Waals surface area contributed by atoms with E-state index in [-0.39, 0.29) is 0 Å². The molecule has 4 aromatic heterocycles. The molecule has 0 fully saturated rings. The van der Waals surface area contributed by atoms with Crippen molar-refractivity contribution < 1.29 is 4.42 Å². The van der Waals surface area contributed by atoms with Crippen molar-refractivity contribution in [1.29, 1.82) is 0 Å². The smallest absolute Gasteiger partial charge is 0.164 e. The van der Waals surface area contributed by atoms with Gasteiger partial charge in [0.05, 0.1) is 11.0 Å². The molecule has 6 heteroatoms. The highest BCUT2D eigenvalue weighted by molar-refractivity contribution is 7.25. The molecule has 4 heterocycles. The summed E-state index contributed by atoms with van der Waals surface area (Å²) in [5, 5.41) is 7.02. The first-order chi connectivity index (χ1) is 28.2. The fourth-order valence-corrected chi connectivity index (χ4v) is 9.54. The van der Waals surface area contributed by atoms with E-state index in [1.165, 1.54) is 42.0 Å². The molecule has 0 spiro atoms. The zero-order chi connectivity index (χ0) is 37.5. The summed E-state index contributed by atoms with van der Waals surface area (Å²) in [5.74, 6) is 1.89. The quantitative estimate of drug-likeness (QED) is 0.176. The lowest BCUT2D eigenvalue weighted by atomic mass is 10.00. The maximum Gasteiger partial charge on any atom is 0.164 e. The summed E-state index contributed by atoms with van der Waals surface area (Å²) in [4.78, 5) is 15.2. The Bertz CT molecular complexity index is 3530. The van der Waals surface area contributed by atoms with Crippen molar-refractivity contribution in [1.82, 2.24) is 19.5 Å². The third-order valence-electron chi connectivity index (χ3n) is 11.1. The van der Waals surface area contributed by atoms with Crippen LogP contribution in [0.2, 0.25) is 0 Å². The van der Waals surface area contributed by atoms with Gasteiger partial charge in [0.25, 0.3) is 0 Å². The van der Waals surface area contributed by atoms with E-state index in [4.69, 9.17) is 19.4 Å². The molecule has 0 radical (unpaired) electrons. The van der Waals surface area contributed by atoms with Gasteiger partial charge in [0, 0.05) is 69.7 Å². The van der Waals surface area contributed by atoms with Crippen LogP contribution in [-0.2, 0) is 0 Å². The topological polar surface area (TPSA) is 56.7 Å². The first-order valence-corrected chi connectivity index (χ1v) is 19.8. The standard InChI is InChI=1S/C51H30N4OS/c1-3-12-31(13-4-1)49-52-50(54-51(53-49)34-23-26-40-39-17-8-10-21-46(39)57-47(40)30-34)33-24-27-44-42(28-33)38-25-22-32(29-45(38)56-44)36-18-11-19-41-37-16-7-9-20-43(37)55(48(36)41)35-14-5-2-6-15-35/h1-30H. The normalized spacial score (nSPS) is 11.9. The predicted octanol–water partition coefficient (Wildman–Crippen LogP) is 13.9.